The van der Waals surface area contributed by atoms with Gasteiger partial charge in [-0.25, -0.2) is 0 Å². The van der Waals surface area contributed by atoms with E-state index in [-0.39, 0.29) is 12.0 Å². The van der Waals surface area contributed by atoms with Gasteiger partial charge in [0.25, 0.3) is 0 Å². The van der Waals surface area contributed by atoms with Crippen molar-refractivity contribution in [2.75, 3.05) is 13.2 Å². The van der Waals surface area contributed by atoms with Crippen molar-refractivity contribution in [1.82, 2.24) is 5.32 Å². The smallest absolute Gasteiger partial charge is 0.0494 e. The van der Waals surface area contributed by atoms with Crippen molar-refractivity contribution in [2.45, 2.75) is 38.8 Å². The Hall–Kier alpha value is -0.120. The molecule has 1 aliphatic carbocycles. The fourth-order valence-electron chi connectivity index (χ4n) is 1.31. The van der Waals surface area contributed by atoms with E-state index in [1.807, 2.05) is 0 Å². The predicted molar refractivity (Wildman–Crippen MR) is 49.9 cm³/mol. The van der Waals surface area contributed by atoms with Gasteiger partial charge in [-0.3, -0.25) is 0 Å². The minimum atomic E-state index is -0.000312. The quantitative estimate of drug-likeness (QED) is 0.563. The van der Waals surface area contributed by atoms with Crippen LogP contribution in [0, 0.1) is 5.41 Å². The van der Waals surface area contributed by atoms with Crippen molar-refractivity contribution >= 4 is 0 Å². The lowest BCUT2D eigenvalue weighted by atomic mass is 9.86. The molecule has 0 bridgehead atoms. The van der Waals surface area contributed by atoms with E-state index in [1.165, 1.54) is 0 Å². The zero-order valence-electron chi connectivity index (χ0n) is 8.01. The summed E-state index contributed by atoms with van der Waals surface area (Å²) >= 11 is 0. The molecule has 3 heteroatoms. The van der Waals surface area contributed by atoms with Gasteiger partial charge in [0.1, 0.15) is 0 Å². The number of aliphatic hydroxyl groups is 1. The summed E-state index contributed by atoms with van der Waals surface area (Å²) in [6.45, 7) is 5.22. The summed E-state index contributed by atoms with van der Waals surface area (Å²) in [4.78, 5) is 0. The average Bonchev–Trinajstić information content (AvgIpc) is 1.96. The van der Waals surface area contributed by atoms with Crippen LogP contribution in [-0.2, 0) is 0 Å². The highest BCUT2D eigenvalue weighted by Gasteiger charge is 2.27. The van der Waals surface area contributed by atoms with Crippen LogP contribution in [0.15, 0.2) is 0 Å². The van der Waals surface area contributed by atoms with Crippen molar-refractivity contribution in [3.8, 4) is 0 Å². The van der Waals surface area contributed by atoms with E-state index in [4.69, 9.17) is 10.8 Å². The fraction of sp³-hybridized carbons (Fsp3) is 1.00. The number of aliphatic hydroxyl groups excluding tert-OH is 1. The average molecular weight is 172 g/mol. The molecule has 0 aromatic heterocycles. The minimum Gasteiger partial charge on any atom is -0.396 e. The molecule has 0 aromatic rings. The number of hydrogen-bond acceptors (Lipinski definition) is 3. The van der Waals surface area contributed by atoms with Crippen LogP contribution >= 0.6 is 0 Å². The monoisotopic (exact) mass is 172 g/mol. The largest absolute Gasteiger partial charge is 0.396 e. The predicted octanol–water partition coefficient (Wildman–Crippen LogP) is 0.0842. The summed E-state index contributed by atoms with van der Waals surface area (Å²) in [5, 5.41) is 12.4. The normalized spacial score (nSPS) is 30.0. The number of nitrogens with two attached hydrogens (primary N) is 1. The van der Waals surface area contributed by atoms with Crippen molar-refractivity contribution < 1.29 is 5.11 Å². The Labute approximate surface area is 74.3 Å². The van der Waals surface area contributed by atoms with Crippen molar-refractivity contribution in [3.05, 3.63) is 0 Å². The molecule has 1 fully saturated rings. The molecule has 0 heterocycles. The molecule has 0 saturated heterocycles. The molecule has 4 N–H and O–H groups in total. The Morgan fingerprint density at radius 1 is 1.50 bits per heavy atom. The summed E-state index contributed by atoms with van der Waals surface area (Å²) in [7, 11) is 0. The molecule has 1 rings (SSSR count). The molecule has 1 aliphatic rings. The molecular formula is C9H20N2O. The Kier molecular flexibility index (Phi) is 3.09. The molecule has 0 radical (unpaired) electrons. The summed E-state index contributed by atoms with van der Waals surface area (Å²) in [6, 6.07) is 0.991. The van der Waals surface area contributed by atoms with Crippen LogP contribution in [0.5, 0.6) is 0 Å². The molecule has 0 amide bonds. The Morgan fingerprint density at radius 2 is 2.08 bits per heavy atom. The molecule has 0 aromatic carbocycles. The van der Waals surface area contributed by atoms with E-state index >= 15 is 0 Å². The molecular weight excluding hydrogens is 152 g/mol. The molecule has 0 unspecified atom stereocenters. The van der Waals surface area contributed by atoms with E-state index in [0.29, 0.717) is 12.1 Å². The topological polar surface area (TPSA) is 58.3 Å². The highest BCUT2D eigenvalue weighted by Crippen LogP contribution is 2.19. The second kappa shape index (κ2) is 3.73. The van der Waals surface area contributed by atoms with E-state index in [9.17, 15) is 0 Å². The van der Waals surface area contributed by atoms with Gasteiger partial charge in [0.15, 0.2) is 0 Å². The van der Waals surface area contributed by atoms with E-state index < -0.39 is 0 Å². The summed E-state index contributed by atoms with van der Waals surface area (Å²) < 4.78 is 0. The lowest BCUT2D eigenvalue weighted by molar-refractivity contribution is 0.144. The van der Waals surface area contributed by atoms with E-state index in [0.717, 1.165) is 19.4 Å². The molecule has 3 nitrogen and oxygen atoms in total. The molecule has 0 aliphatic heterocycles. The summed E-state index contributed by atoms with van der Waals surface area (Å²) in [5.41, 5.74) is 5.65. The first-order chi connectivity index (χ1) is 5.53. The highest BCUT2D eigenvalue weighted by atomic mass is 16.3. The van der Waals surface area contributed by atoms with Crippen molar-refractivity contribution in [3.63, 3.8) is 0 Å². The van der Waals surface area contributed by atoms with Crippen molar-refractivity contribution in [1.29, 1.82) is 0 Å². The van der Waals surface area contributed by atoms with Crippen LogP contribution in [0.3, 0.4) is 0 Å². The van der Waals surface area contributed by atoms with Gasteiger partial charge in [0.2, 0.25) is 0 Å². The van der Waals surface area contributed by atoms with Gasteiger partial charge < -0.3 is 16.2 Å². The third-order valence-corrected chi connectivity index (χ3v) is 2.47. The number of nitrogens with one attached hydrogen (secondary N) is 1. The second-order valence-corrected chi connectivity index (χ2v) is 4.63. The van der Waals surface area contributed by atoms with Gasteiger partial charge in [-0.05, 0) is 12.8 Å². The number of hydrogen-bond donors (Lipinski definition) is 3. The lowest BCUT2D eigenvalue weighted by Crippen LogP contribution is -2.50. The first-order valence-corrected chi connectivity index (χ1v) is 4.63. The van der Waals surface area contributed by atoms with Crippen molar-refractivity contribution in [2.24, 2.45) is 11.1 Å². The SMILES string of the molecule is CC(C)(CO)CNC1CC(N)C1. The Balaban J connectivity index is 2.10. The molecule has 12 heavy (non-hydrogen) atoms. The minimum absolute atomic E-state index is 0.000312. The zero-order chi connectivity index (χ0) is 9.19. The third-order valence-electron chi connectivity index (χ3n) is 2.47. The Morgan fingerprint density at radius 3 is 2.50 bits per heavy atom. The second-order valence-electron chi connectivity index (χ2n) is 4.63. The van der Waals surface area contributed by atoms with Crippen LogP contribution in [-0.4, -0.2) is 30.3 Å². The van der Waals surface area contributed by atoms with Gasteiger partial charge in [0, 0.05) is 30.7 Å². The van der Waals surface area contributed by atoms with Gasteiger partial charge in [0.05, 0.1) is 0 Å². The van der Waals surface area contributed by atoms with Crippen LogP contribution < -0.4 is 11.1 Å². The van der Waals surface area contributed by atoms with Gasteiger partial charge in [-0.15, -0.1) is 0 Å². The maximum Gasteiger partial charge on any atom is 0.0494 e. The van der Waals surface area contributed by atoms with Crippen LogP contribution in [0.1, 0.15) is 26.7 Å². The first kappa shape index (κ1) is 9.96. The fourth-order valence-corrected chi connectivity index (χ4v) is 1.31. The first-order valence-electron chi connectivity index (χ1n) is 4.63. The molecule has 0 spiro atoms. The van der Waals surface area contributed by atoms with Crippen LogP contribution in [0.25, 0.3) is 0 Å². The summed E-state index contributed by atoms with van der Waals surface area (Å²) in [6.07, 6.45) is 2.17. The van der Waals surface area contributed by atoms with E-state index in [2.05, 4.69) is 19.2 Å². The van der Waals surface area contributed by atoms with E-state index in [1.54, 1.807) is 0 Å². The standard InChI is InChI=1S/C9H20N2O/c1-9(2,6-12)5-11-8-3-7(10)4-8/h7-8,11-12H,3-6,10H2,1-2H3. The van der Waals surface area contributed by atoms with Gasteiger partial charge in [-0.1, -0.05) is 13.8 Å². The number of rotatable bonds is 4. The Bertz CT molecular complexity index is 141. The molecule has 0 atom stereocenters. The maximum absolute atomic E-state index is 8.98. The molecule has 72 valence electrons. The van der Waals surface area contributed by atoms with Gasteiger partial charge in [-0.2, -0.15) is 0 Å². The van der Waals surface area contributed by atoms with Gasteiger partial charge >= 0.3 is 0 Å². The highest BCUT2D eigenvalue weighted by molar-refractivity contribution is 4.88. The summed E-state index contributed by atoms with van der Waals surface area (Å²) in [5.74, 6) is 0. The molecule has 1 saturated carbocycles. The van der Waals surface area contributed by atoms with Crippen LogP contribution in [0.4, 0.5) is 0 Å². The third kappa shape index (κ3) is 2.73. The lowest BCUT2D eigenvalue weighted by Gasteiger charge is -2.35. The maximum atomic E-state index is 8.98. The zero-order valence-corrected chi connectivity index (χ0v) is 8.01. The van der Waals surface area contributed by atoms with Crippen LogP contribution in [0.2, 0.25) is 0 Å².